The van der Waals surface area contributed by atoms with Gasteiger partial charge in [-0.2, -0.15) is 52.7 Å². The van der Waals surface area contributed by atoms with Crippen molar-refractivity contribution in [1.82, 2.24) is 0 Å². The van der Waals surface area contributed by atoms with Gasteiger partial charge in [-0.25, -0.2) is 33.7 Å². The van der Waals surface area contributed by atoms with Crippen molar-refractivity contribution in [1.29, 1.82) is 0 Å². The Bertz CT molecular complexity index is 872. The summed E-state index contributed by atoms with van der Waals surface area (Å²) >= 11 is 0. The summed E-state index contributed by atoms with van der Waals surface area (Å²) in [7, 11) is -26.9. The number of halogens is 12. The van der Waals surface area contributed by atoms with Gasteiger partial charge in [-0.15, -0.1) is 0 Å². The molecule has 0 aliphatic rings. The molecule has 0 aromatic heterocycles. The standard InChI is InChI=1S/2C2F6NO4S2.6H2O.Zn/c2*3-1(4,5)14(10,11)9-15(12,13)2(6,7)8;;;;;;;/h;;6*1H2;/q2*-1;;;;;;;+2. The summed E-state index contributed by atoms with van der Waals surface area (Å²) < 4.78 is 218. The summed E-state index contributed by atoms with van der Waals surface area (Å²) in [5, 5.41) is 0. The van der Waals surface area contributed by atoms with Crippen molar-refractivity contribution < 1.29 is 139 Å². The topological polar surface area (TPSA) is 354 Å². The van der Waals surface area contributed by atoms with E-state index in [1.165, 1.54) is 0 Å². The van der Waals surface area contributed by atoms with Crippen molar-refractivity contribution in [2.75, 3.05) is 0 Å². The molecule has 0 aromatic rings. The van der Waals surface area contributed by atoms with Crippen molar-refractivity contribution in [3.8, 4) is 0 Å². The molecule has 33 heteroatoms. The molecule has 0 heterocycles. The first-order valence-electron chi connectivity index (χ1n) is 5.15. The predicted molar refractivity (Wildman–Crippen MR) is 88.3 cm³/mol. The molecule has 0 spiro atoms. The fraction of sp³-hybridized carbons (Fsp3) is 1.00. The van der Waals surface area contributed by atoms with Crippen molar-refractivity contribution >= 4 is 40.1 Å². The van der Waals surface area contributed by atoms with Crippen molar-refractivity contribution in [2.24, 2.45) is 0 Å². The molecule has 0 saturated heterocycles. The van der Waals surface area contributed by atoms with E-state index in [0.717, 1.165) is 8.25 Å². The monoisotopic (exact) mass is 732 g/mol. The molecule has 232 valence electrons. The SMILES string of the molecule is O.O.O.O.O.O.O=S(=O)([N-]S(=O)(=O)C(F)(F)F)C(F)(F)F.O=S(=O)([N-]S(=O)(=O)C(F)(F)F)C(F)(F)F.[Zn+2]. The number of hydrogen-bond acceptors (Lipinski definition) is 8. The van der Waals surface area contributed by atoms with Crippen LogP contribution in [0.25, 0.3) is 8.25 Å². The largest absolute Gasteiger partial charge is 2.00 e. The fourth-order valence-corrected chi connectivity index (χ4v) is 3.85. The van der Waals surface area contributed by atoms with E-state index in [0.29, 0.717) is 0 Å². The van der Waals surface area contributed by atoms with E-state index in [-0.39, 0.29) is 52.3 Å². The number of hydrogen-bond donors (Lipinski definition) is 0. The van der Waals surface area contributed by atoms with E-state index in [9.17, 15) is 86.4 Å². The minimum absolute atomic E-state index is 0. The summed E-state index contributed by atoms with van der Waals surface area (Å²) in [5.74, 6) is 0. The number of nitrogens with zero attached hydrogens (tertiary/aromatic N) is 2. The first-order valence-corrected chi connectivity index (χ1v) is 10.9. The van der Waals surface area contributed by atoms with E-state index in [1.54, 1.807) is 0 Å². The van der Waals surface area contributed by atoms with Crippen LogP contribution in [0.3, 0.4) is 0 Å². The van der Waals surface area contributed by atoms with Crippen molar-refractivity contribution in [2.45, 2.75) is 22.0 Å². The molecular formula is C4H12F12N2O14S4Zn. The number of rotatable bonds is 4. The second-order valence-electron chi connectivity index (χ2n) is 3.83. The predicted octanol–water partition coefficient (Wildman–Crippen LogP) is -2.83. The zero-order valence-corrected chi connectivity index (χ0v) is 22.3. The van der Waals surface area contributed by atoms with Crippen molar-refractivity contribution in [3.05, 3.63) is 8.25 Å². The van der Waals surface area contributed by atoms with E-state index >= 15 is 0 Å². The van der Waals surface area contributed by atoms with E-state index in [4.69, 9.17) is 0 Å². The van der Waals surface area contributed by atoms with Crippen LogP contribution >= 0.6 is 0 Å². The Morgan fingerprint density at radius 2 is 0.405 bits per heavy atom. The van der Waals surface area contributed by atoms with Crippen LogP contribution < -0.4 is 0 Å². The van der Waals surface area contributed by atoms with Crippen LogP contribution in [0.5, 0.6) is 0 Å². The molecule has 16 nitrogen and oxygen atoms in total. The van der Waals surface area contributed by atoms with Gasteiger partial charge in [0.15, 0.2) is 40.1 Å². The fourth-order valence-electron chi connectivity index (χ4n) is 0.427. The zero-order chi connectivity index (χ0) is 25.4. The maximum atomic E-state index is 11.4. The summed E-state index contributed by atoms with van der Waals surface area (Å²) in [6, 6.07) is 0. The summed E-state index contributed by atoms with van der Waals surface area (Å²) in [6.07, 6.45) is 0. The van der Waals surface area contributed by atoms with Gasteiger partial charge in [-0.1, -0.05) is 0 Å². The Morgan fingerprint density at radius 3 is 0.459 bits per heavy atom. The molecule has 0 aliphatic carbocycles. The van der Waals surface area contributed by atoms with Gasteiger partial charge in [-0.05, 0) is 0 Å². The van der Waals surface area contributed by atoms with Gasteiger partial charge < -0.3 is 41.1 Å². The van der Waals surface area contributed by atoms with Crippen LogP contribution in [0.4, 0.5) is 52.7 Å². The molecule has 37 heavy (non-hydrogen) atoms. The Morgan fingerprint density at radius 1 is 0.324 bits per heavy atom. The van der Waals surface area contributed by atoms with E-state index in [2.05, 4.69) is 0 Å². The van der Waals surface area contributed by atoms with Crippen LogP contribution in [0, 0.1) is 0 Å². The van der Waals surface area contributed by atoms with Crippen LogP contribution in [0.1, 0.15) is 0 Å². The molecule has 0 aromatic carbocycles. The average molecular weight is 734 g/mol. The van der Waals surface area contributed by atoms with Gasteiger partial charge in [0.2, 0.25) is 0 Å². The third-order valence-corrected chi connectivity index (χ3v) is 7.04. The molecule has 0 fully saturated rings. The molecule has 0 radical (unpaired) electrons. The van der Waals surface area contributed by atoms with Crippen molar-refractivity contribution in [3.63, 3.8) is 0 Å². The quantitative estimate of drug-likeness (QED) is 0.213. The van der Waals surface area contributed by atoms with E-state index in [1.807, 2.05) is 0 Å². The van der Waals surface area contributed by atoms with Gasteiger partial charge in [-0.3, -0.25) is 0 Å². The normalized spacial score (nSPS) is 12.4. The third kappa shape index (κ3) is 17.5. The first kappa shape index (κ1) is 60.7. The van der Waals surface area contributed by atoms with Gasteiger partial charge in [0.25, 0.3) is 0 Å². The van der Waals surface area contributed by atoms with Crippen LogP contribution in [-0.2, 0) is 59.6 Å². The second-order valence-corrected chi connectivity index (χ2v) is 10.7. The third-order valence-electron chi connectivity index (χ3n) is 1.56. The molecule has 12 N–H and O–H groups in total. The maximum Gasteiger partial charge on any atom is 2.00 e. The molecular weight excluding hydrogens is 722 g/mol. The smallest absolute Gasteiger partial charge is 0.421 e. The Kier molecular flexibility index (Phi) is 28.0. The molecule has 0 amide bonds. The maximum absolute atomic E-state index is 11.4. The molecule has 0 aliphatic heterocycles. The first-order chi connectivity index (χ1) is 12.4. The minimum atomic E-state index is -6.72. The summed E-state index contributed by atoms with van der Waals surface area (Å²) in [4.78, 5) is 0. The van der Waals surface area contributed by atoms with Crippen LogP contribution in [-0.4, -0.2) is 88.6 Å². The van der Waals surface area contributed by atoms with E-state index < -0.39 is 62.1 Å². The average Bonchev–Trinajstić information content (AvgIpc) is 2.30. The van der Waals surface area contributed by atoms with Gasteiger partial charge in [0.1, 0.15) is 0 Å². The molecule has 0 saturated carbocycles. The van der Waals surface area contributed by atoms with Crippen LogP contribution in [0.15, 0.2) is 0 Å². The van der Waals surface area contributed by atoms with Crippen LogP contribution in [0.2, 0.25) is 0 Å². The minimum Gasteiger partial charge on any atom is -0.421 e. The molecule has 0 rings (SSSR count). The van der Waals surface area contributed by atoms with Gasteiger partial charge in [0, 0.05) is 0 Å². The Hall–Kier alpha value is -0.737. The Labute approximate surface area is 209 Å². The number of sulfonamides is 4. The molecule has 0 unspecified atom stereocenters. The molecule has 0 atom stereocenters. The number of alkyl halides is 12. The molecule has 0 bridgehead atoms. The van der Waals surface area contributed by atoms with Gasteiger partial charge in [0.05, 0.1) is 0 Å². The Balaban J connectivity index is -0.0000000509. The summed E-state index contributed by atoms with van der Waals surface area (Å²) in [5.41, 5.74) is -24.8. The summed E-state index contributed by atoms with van der Waals surface area (Å²) in [6.45, 7) is 0. The van der Waals surface area contributed by atoms with Gasteiger partial charge >= 0.3 is 41.5 Å². The zero-order valence-electron chi connectivity index (χ0n) is 16.0. The second kappa shape index (κ2) is 17.1.